The van der Waals surface area contributed by atoms with Gasteiger partial charge in [0.05, 0.1) is 0 Å². The fourth-order valence-electron chi connectivity index (χ4n) is 1.46. The van der Waals surface area contributed by atoms with E-state index >= 15 is 0 Å². The average Bonchev–Trinajstić information content (AvgIpc) is 2.21. The molecule has 0 N–H and O–H groups in total. The van der Waals surface area contributed by atoms with Crippen LogP contribution in [0.4, 0.5) is 0 Å². The lowest BCUT2D eigenvalue weighted by atomic mass is 10.2. The first-order valence-electron chi connectivity index (χ1n) is 5.63. The van der Waals surface area contributed by atoms with Crippen molar-refractivity contribution in [3.63, 3.8) is 0 Å². The van der Waals surface area contributed by atoms with Gasteiger partial charge in [-0.05, 0) is 24.8 Å². The van der Waals surface area contributed by atoms with Crippen LogP contribution in [-0.4, -0.2) is 6.16 Å². The maximum atomic E-state index is 2.27. The summed E-state index contributed by atoms with van der Waals surface area (Å²) in [5.74, 6) is 0. The van der Waals surface area contributed by atoms with Gasteiger partial charge in [0.2, 0.25) is 0 Å². The summed E-state index contributed by atoms with van der Waals surface area (Å²) in [5.41, 5.74) is 1.37. The second-order valence-electron chi connectivity index (χ2n) is 3.85. The minimum Gasteiger partial charge on any atom is -0.0904 e. The number of rotatable bonds is 6. The highest BCUT2D eigenvalue weighted by Gasteiger charge is 1.92. The largest absolute Gasteiger partial charge is 0.0904 e. The van der Waals surface area contributed by atoms with E-state index in [0.717, 1.165) is 8.58 Å². The molecule has 1 heteroatoms. The fraction of sp³-hybridized carbons (Fsp3) is 0.538. The highest BCUT2D eigenvalue weighted by Crippen LogP contribution is 2.14. The molecule has 0 aliphatic heterocycles. The summed E-state index contributed by atoms with van der Waals surface area (Å²) in [6.45, 7) is 4.41. The van der Waals surface area contributed by atoms with Crippen LogP contribution in [0.5, 0.6) is 0 Å². The Balaban J connectivity index is 2.15. The van der Waals surface area contributed by atoms with Crippen molar-refractivity contribution in [3.05, 3.63) is 29.8 Å². The first-order chi connectivity index (χ1) is 6.83. The Hall–Kier alpha value is -0.350. The molecule has 0 nitrogen and oxygen atoms in total. The monoisotopic (exact) mass is 208 g/mol. The van der Waals surface area contributed by atoms with Crippen molar-refractivity contribution in [1.82, 2.24) is 0 Å². The van der Waals surface area contributed by atoms with Crippen LogP contribution in [0, 0.1) is 6.92 Å². The van der Waals surface area contributed by atoms with Gasteiger partial charge >= 0.3 is 0 Å². The van der Waals surface area contributed by atoms with Crippen LogP contribution >= 0.6 is 8.58 Å². The van der Waals surface area contributed by atoms with Crippen LogP contribution in [0.15, 0.2) is 24.3 Å². The lowest BCUT2D eigenvalue weighted by Gasteiger charge is -2.02. The molecule has 78 valence electrons. The van der Waals surface area contributed by atoms with Gasteiger partial charge in [0.1, 0.15) is 0 Å². The zero-order valence-electron chi connectivity index (χ0n) is 9.34. The molecule has 0 saturated carbocycles. The Morgan fingerprint density at radius 2 is 1.71 bits per heavy atom. The molecule has 0 radical (unpaired) electrons. The summed E-state index contributed by atoms with van der Waals surface area (Å²) >= 11 is 0. The minimum atomic E-state index is 1.01. The summed E-state index contributed by atoms with van der Waals surface area (Å²) < 4.78 is 0. The highest BCUT2D eigenvalue weighted by atomic mass is 31.1. The molecular formula is C13H21P. The predicted molar refractivity (Wildman–Crippen MR) is 68.1 cm³/mol. The topological polar surface area (TPSA) is 0 Å². The Kier molecular flexibility index (Phi) is 5.87. The molecule has 0 fully saturated rings. The van der Waals surface area contributed by atoms with Gasteiger partial charge in [-0.25, -0.2) is 0 Å². The number of benzene rings is 1. The summed E-state index contributed by atoms with van der Waals surface area (Å²) in [5, 5.41) is 1.52. The molecule has 1 unspecified atom stereocenters. The van der Waals surface area contributed by atoms with Crippen LogP contribution < -0.4 is 5.30 Å². The molecule has 1 atom stereocenters. The second-order valence-corrected chi connectivity index (χ2v) is 5.28. The molecule has 1 aromatic carbocycles. The molecule has 1 rings (SSSR count). The van der Waals surface area contributed by atoms with Crippen LogP contribution in [0.3, 0.4) is 0 Å². The van der Waals surface area contributed by atoms with Crippen molar-refractivity contribution >= 4 is 13.9 Å². The van der Waals surface area contributed by atoms with E-state index in [1.165, 1.54) is 42.7 Å². The molecule has 0 amide bonds. The SMILES string of the molecule is CCCCCCPc1ccc(C)cc1. The number of unbranched alkanes of at least 4 members (excludes halogenated alkanes) is 3. The van der Waals surface area contributed by atoms with E-state index in [-0.39, 0.29) is 0 Å². The number of hydrogen-bond acceptors (Lipinski definition) is 0. The van der Waals surface area contributed by atoms with Gasteiger partial charge in [0, 0.05) is 0 Å². The molecule has 14 heavy (non-hydrogen) atoms. The Labute approximate surface area is 89.9 Å². The van der Waals surface area contributed by atoms with Gasteiger partial charge in [-0.15, -0.1) is 0 Å². The minimum absolute atomic E-state index is 1.01. The van der Waals surface area contributed by atoms with E-state index < -0.39 is 0 Å². The van der Waals surface area contributed by atoms with E-state index in [0.29, 0.717) is 0 Å². The zero-order valence-corrected chi connectivity index (χ0v) is 10.3. The quantitative estimate of drug-likeness (QED) is 0.491. The fourth-order valence-corrected chi connectivity index (χ4v) is 2.57. The van der Waals surface area contributed by atoms with Crippen LogP contribution in [-0.2, 0) is 0 Å². The van der Waals surface area contributed by atoms with Crippen molar-refractivity contribution < 1.29 is 0 Å². The van der Waals surface area contributed by atoms with Crippen molar-refractivity contribution in [2.75, 3.05) is 6.16 Å². The normalized spacial score (nSPS) is 11.3. The standard InChI is InChI=1S/C13H21P/c1-3-4-5-6-11-14-13-9-7-12(2)8-10-13/h7-10,14H,3-6,11H2,1-2H3. The van der Waals surface area contributed by atoms with E-state index in [1.807, 2.05) is 0 Å². The molecular weight excluding hydrogens is 187 g/mol. The first kappa shape index (κ1) is 11.7. The molecule has 0 bridgehead atoms. The zero-order chi connectivity index (χ0) is 10.2. The van der Waals surface area contributed by atoms with E-state index in [2.05, 4.69) is 38.1 Å². The molecule has 0 saturated heterocycles. The number of aryl methyl sites for hydroxylation is 1. The second kappa shape index (κ2) is 7.01. The van der Waals surface area contributed by atoms with E-state index in [1.54, 1.807) is 0 Å². The van der Waals surface area contributed by atoms with Crippen LogP contribution in [0.1, 0.15) is 38.2 Å². The molecule has 0 spiro atoms. The third-order valence-electron chi connectivity index (χ3n) is 2.41. The van der Waals surface area contributed by atoms with Gasteiger partial charge in [-0.1, -0.05) is 64.6 Å². The molecule has 0 aromatic heterocycles. The van der Waals surface area contributed by atoms with Gasteiger partial charge in [-0.3, -0.25) is 0 Å². The highest BCUT2D eigenvalue weighted by molar-refractivity contribution is 7.47. The van der Waals surface area contributed by atoms with E-state index in [9.17, 15) is 0 Å². The van der Waals surface area contributed by atoms with Gasteiger partial charge in [0.15, 0.2) is 0 Å². The summed E-state index contributed by atoms with van der Waals surface area (Å²) in [4.78, 5) is 0. The molecule has 0 aliphatic rings. The van der Waals surface area contributed by atoms with Crippen LogP contribution in [0.2, 0.25) is 0 Å². The van der Waals surface area contributed by atoms with Crippen molar-refractivity contribution in [3.8, 4) is 0 Å². The maximum Gasteiger partial charge on any atom is -0.0271 e. The van der Waals surface area contributed by atoms with Crippen molar-refractivity contribution in [2.45, 2.75) is 39.5 Å². The Morgan fingerprint density at radius 1 is 1.00 bits per heavy atom. The third-order valence-corrected chi connectivity index (χ3v) is 3.76. The summed E-state index contributed by atoms with van der Waals surface area (Å²) in [6, 6.07) is 8.98. The first-order valence-corrected chi connectivity index (χ1v) is 6.84. The van der Waals surface area contributed by atoms with Crippen molar-refractivity contribution in [1.29, 1.82) is 0 Å². The third kappa shape index (κ3) is 4.77. The average molecular weight is 208 g/mol. The summed E-state index contributed by atoms with van der Waals surface area (Å²) in [7, 11) is 1.01. The van der Waals surface area contributed by atoms with Crippen molar-refractivity contribution in [2.24, 2.45) is 0 Å². The predicted octanol–water partition coefficient (Wildman–Crippen LogP) is 3.88. The smallest absolute Gasteiger partial charge is 0.0271 e. The van der Waals surface area contributed by atoms with E-state index in [4.69, 9.17) is 0 Å². The van der Waals surface area contributed by atoms with Gasteiger partial charge in [-0.2, -0.15) is 0 Å². The molecule has 0 aliphatic carbocycles. The van der Waals surface area contributed by atoms with Gasteiger partial charge in [0.25, 0.3) is 0 Å². The molecule has 0 heterocycles. The Bertz CT molecular complexity index is 238. The summed E-state index contributed by atoms with van der Waals surface area (Å²) in [6.07, 6.45) is 6.94. The van der Waals surface area contributed by atoms with Crippen LogP contribution in [0.25, 0.3) is 0 Å². The Morgan fingerprint density at radius 3 is 2.36 bits per heavy atom. The number of hydrogen-bond donors (Lipinski definition) is 0. The molecule has 1 aromatic rings. The maximum absolute atomic E-state index is 2.27. The lowest BCUT2D eigenvalue weighted by Crippen LogP contribution is -1.94. The van der Waals surface area contributed by atoms with Gasteiger partial charge < -0.3 is 0 Å². The lowest BCUT2D eigenvalue weighted by molar-refractivity contribution is 0.706.